The number of rotatable bonds is 2. The minimum Gasteiger partial charge on any atom is -0.0622 e. The SMILES string of the molecule is CC1=C(c2ccccc2)P2CC1(C)C(c1ccccc1)=C2I. The molecule has 110 valence electrons. The first-order valence-corrected chi connectivity index (χ1v) is 10.2. The van der Waals surface area contributed by atoms with Crippen molar-refractivity contribution in [1.29, 1.82) is 0 Å². The Kier molecular flexibility index (Phi) is 3.54. The van der Waals surface area contributed by atoms with Crippen LogP contribution in [0.3, 0.4) is 0 Å². The van der Waals surface area contributed by atoms with Gasteiger partial charge in [-0.15, -0.1) is 0 Å². The lowest BCUT2D eigenvalue weighted by Crippen LogP contribution is -2.18. The lowest BCUT2D eigenvalue weighted by molar-refractivity contribution is 0.631. The summed E-state index contributed by atoms with van der Waals surface area (Å²) in [5.41, 5.74) is 6.22. The van der Waals surface area contributed by atoms with Crippen LogP contribution in [-0.2, 0) is 0 Å². The van der Waals surface area contributed by atoms with Crippen LogP contribution in [0.2, 0.25) is 0 Å². The van der Waals surface area contributed by atoms with Gasteiger partial charge in [-0.3, -0.25) is 0 Å². The summed E-state index contributed by atoms with van der Waals surface area (Å²) in [6.07, 6.45) is 1.29. The Morgan fingerprint density at radius 2 is 1.45 bits per heavy atom. The van der Waals surface area contributed by atoms with Crippen molar-refractivity contribution in [2.75, 3.05) is 6.16 Å². The van der Waals surface area contributed by atoms with Crippen LogP contribution >= 0.6 is 30.5 Å². The summed E-state index contributed by atoms with van der Waals surface area (Å²) in [6, 6.07) is 21.9. The van der Waals surface area contributed by atoms with Crippen LogP contribution in [0, 0.1) is 5.41 Å². The maximum Gasteiger partial charge on any atom is 0.0233 e. The fourth-order valence-corrected chi connectivity index (χ4v) is 9.21. The van der Waals surface area contributed by atoms with Gasteiger partial charge in [-0.1, -0.05) is 73.2 Å². The summed E-state index contributed by atoms with van der Waals surface area (Å²) in [5, 5.41) is 1.63. The predicted molar refractivity (Wildman–Crippen MR) is 106 cm³/mol. The van der Waals surface area contributed by atoms with Crippen molar-refractivity contribution in [2.24, 2.45) is 5.41 Å². The number of hydrogen-bond acceptors (Lipinski definition) is 0. The van der Waals surface area contributed by atoms with Crippen molar-refractivity contribution in [3.8, 4) is 0 Å². The zero-order chi connectivity index (χ0) is 15.3. The number of halogens is 1. The fourth-order valence-electron chi connectivity index (χ4n) is 3.79. The normalized spacial score (nSPS) is 27.0. The third-order valence-corrected chi connectivity index (χ3v) is 10.1. The Labute approximate surface area is 147 Å². The van der Waals surface area contributed by atoms with Gasteiger partial charge in [0.15, 0.2) is 0 Å². The standard InChI is InChI=1S/C20H18IP/c1-14-18(16-11-7-4-8-12-16)22-13-20(14,2)17(19(22)21)15-9-5-3-6-10-15/h3-12H,13H2,1-2H3. The Morgan fingerprint density at radius 1 is 0.909 bits per heavy atom. The quantitative estimate of drug-likeness (QED) is 0.376. The maximum atomic E-state index is 2.63. The molecule has 0 saturated heterocycles. The first kappa shape index (κ1) is 14.7. The van der Waals surface area contributed by atoms with E-state index < -0.39 is 0 Å². The second kappa shape index (κ2) is 5.32. The van der Waals surface area contributed by atoms with Crippen molar-refractivity contribution < 1.29 is 0 Å². The van der Waals surface area contributed by atoms with Gasteiger partial charge in [-0.05, 0) is 65.6 Å². The van der Waals surface area contributed by atoms with Crippen molar-refractivity contribution in [2.45, 2.75) is 13.8 Å². The molecule has 4 rings (SSSR count). The largest absolute Gasteiger partial charge is 0.0622 e. The molecular weight excluding hydrogens is 398 g/mol. The summed E-state index contributed by atoms with van der Waals surface area (Å²) in [4.78, 5) is 0. The van der Waals surface area contributed by atoms with Crippen molar-refractivity contribution in [1.82, 2.24) is 0 Å². The molecule has 2 heterocycles. The molecule has 2 atom stereocenters. The molecule has 2 aliphatic heterocycles. The van der Waals surface area contributed by atoms with E-state index in [2.05, 4.69) is 97.1 Å². The summed E-state index contributed by atoms with van der Waals surface area (Å²) in [5.74, 6) is 0. The molecule has 2 aromatic carbocycles. The van der Waals surface area contributed by atoms with E-state index in [1.807, 2.05) is 0 Å². The van der Waals surface area contributed by atoms with Crippen LogP contribution in [0.1, 0.15) is 25.0 Å². The molecular formula is C20H18IP. The summed E-state index contributed by atoms with van der Waals surface area (Å²) in [7, 11) is -0.175. The minimum atomic E-state index is -0.175. The Balaban J connectivity index is 1.87. The summed E-state index contributed by atoms with van der Waals surface area (Å²) >= 11 is 2.63. The molecule has 22 heavy (non-hydrogen) atoms. The van der Waals surface area contributed by atoms with Crippen molar-refractivity contribution in [3.63, 3.8) is 0 Å². The van der Waals surface area contributed by atoms with E-state index >= 15 is 0 Å². The first-order chi connectivity index (χ1) is 10.6. The van der Waals surface area contributed by atoms with Gasteiger partial charge in [0.25, 0.3) is 0 Å². The minimum absolute atomic E-state index is 0.175. The smallest absolute Gasteiger partial charge is 0.0233 e. The molecule has 0 aromatic heterocycles. The van der Waals surface area contributed by atoms with Crippen molar-refractivity contribution >= 4 is 41.4 Å². The molecule has 2 heteroatoms. The van der Waals surface area contributed by atoms with E-state index in [9.17, 15) is 0 Å². The molecule has 0 radical (unpaired) electrons. The second-order valence-corrected chi connectivity index (χ2v) is 10.3. The lowest BCUT2D eigenvalue weighted by Gasteiger charge is -2.30. The highest BCUT2D eigenvalue weighted by Gasteiger charge is 2.51. The van der Waals surface area contributed by atoms with Gasteiger partial charge < -0.3 is 0 Å². The molecule has 0 amide bonds. The van der Waals surface area contributed by atoms with Gasteiger partial charge in [0.2, 0.25) is 0 Å². The first-order valence-electron chi connectivity index (χ1n) is 7.63. The number of fused-ring (bicyclic) bond motifs is 2. The highest BCUT2D eigenvalue weighted by atomic mass is 127. The van der Waals surface area contributed by atoms with E-state index in [4.69, 9.17) is 0 Å². The predicted octanol–water partition coefficient (Wildman–Crippen LogP) is 6.74. The highest BCUT2D eigenvalue weighted by Crippen LogP contribution is 2.79. The topological polar surface area (TPSA) is 0 Å². The van der Waals surface area contributed by atoms with E-state index in [1.165, 1.54) is 17.3 Å². The molecule has 0 spiro atoms. The van der Waals surface area contributed by atoms with Gasteiger partial charge in [0, 0.05) is 8.74 Å². The zero-order valence-corrected chi connectivity index (χ0v) is 15.9. The van der Waals surface area contributed by atoms with Crippen LogP contribution < -0.4 is 0 Å². The lowest BCUT2D eigenvalue weighted by atomic mass is 9.75. The molecule has 0 nitrogen and oxygen atoms in total. The van der Waals surface area contributed by atoms with Gasteiger partial charge in [-0.25, -0.2) is 0 Å². The van der Waals surface area contributed by atoms with Gasteiger partial charge in [-0.2, -0.15) is 0 Å². The van der Waals surface area contributed by atoms with Crippen LogP contribution in [0.15, 0.2) is 69.6 Å². The van der Waals surface area contributed by atoms with Crippen LogP contribution in [-0.4, -0.2) is 6.16 Å². The van der Waals surface area contributed by atoms with Gasteiger partial charge >= 0.3 is 0 Å². The Bertz CT molecular complexity index is 789. The molecule has 0 saturated carbocycles. The van der Waals surface area contributed by atoms with Crippen LogP contribution in [0.4, 0.5) is 0 Å². The highest BCUT2D eigenvalue weighted by molar-refractivity contribution is 14.1. The van der Waals surface area contributed by atoms with Crippen LogP contribution in [0.5, 0.6) is 0 Å². The summed E-state index contributed by atoms with van der Waals surface area (Å²) < 4.78 is 1.60. The zero-order valence-electron chi connectivity index (χ0n) is 12.8. The molecule has 0 N–H and O–H groups in total. The van der Waals surface area contributed by atoms with E-state index in [1.54, 1.807) is 19.8 Å². The molecule has 0 fully saturated rings. The summed E-state index contributed by atoms with van der Waals surface area (Å²) in [6.45, 7) is 4.80. The average Bonchev–Trinajstić information content (AvgIpc) is 2.96. The molecule has 2 aliphatic rings. The van der Waals surface area contributed by atoms with Gasteiger partial charge in [0.05, 0.1) is 0 Å². The average molecular weight is 416 g/mol. The van der Waals surface area contributed by atoms with Crippen LogP contribution in [0.25, 0.3) is 10.9 Å². The Morgan fingerprint density at radius 3 is 2.05 bits per heavy atom. The van der Waals surface area contributed by atoms with E-state index in [0.717, 1.165) is 0 Å². The molecule has 2 bridgehead atoms. The maximum absolute atomic E-state index is 2.63. The third-order valence-electron chi connectivity index (χ3n) is 5.03. The van der Waals surface area contributed by atoms with E-state index in [-0.39, 0.29) is 13.3 Å². The molecule has 0 aliphatic carbocycles. The third kappa shape index (κ3) is 1.98. The fraction of sp³-hybridized carbons (Fsp3) is 0.200. The number of hydrogen-bond donors (Lipinski definition) is 0. The number of allylic oxidation sites excluding steroid dienone is 2. The van der Waals surface area contributed by atoms with Crippen molar-refractivity contribution in [3.05, 3.63) is 80.7 Å². The van der Waals surface area contributed by atoms with Gasteiger partial charge in [0.1, 0.15) is 0 Å². The van der Waals surface area contributed by atoms with E-state index in [0.29, 0.717) is 0 Å². The monoisotopic (exact) mass is 416 g/mol. The number of benzene rings is 2. The second-order valence-electron chi connectivity index (χ2n) is 6.29. The Hall–Kier alpha value is -0.920. The molecule has 2 aromatic rings. The molecule has 2 unspecified atom stereocenters.